The van der Waals surface area contributed by atoms with Crippen LogP contribution in [0.3, 0.4) is 0 Å². The lowest BCUT2D eigenvalue weighted by atomic mass is 10.1. The van der Waals surface area contributed by atoms with Crippen molar-refractivity contribution in [2.24, 2.45) is 0 Å². The van der Waals surface area contributed by atoms with E-state index in [0.29, 0.717) is 11.6 Å². The maximum atomic E-state index is 9.25. The molecule has 17 heavy (non-hydrogen) atoms. The Kier molecular flexibility index (Phi) is 2.87. The summed E-state index contributed by atoms with van der Waals surface area (Å²) in [6.07, 6.45) is 0. The van der Waals surface area contributed by atoms with Crippen LogP contribution >= 0.6 is 0 Å². The van der Waals surface area contributed by atoms with Gasteiger partial charge in [0.25, 0.3) is 0 Å². The maximum Gasteiger partial charge on any atom is 0.140 e. The molecule has 1 aromatic carbocycles. The number of benzene rings is 1. The van der Waals surface area contributed by atoms with Crippen LogP contribution < -0.4 is 10.5 Å². The van der Waals surface area contributed by atoms with Gasteiger partial charge in [0.05, 0.1) is 12.8 Å². The number of phenolic OH excluding ortho intramolecular Hbond substituents is 1. The number of nitrogens with zero attached hydrogens (tertiary/aromatic N) is 1. The second-order valence-corrected chi connectivity index (χ2v) is 3.76. The molecular formula is C13H14N2O2. The molecule has 0 atom stereocenters. The van der Waals surface area contributed by atoms with Crippen molar-refractivity contribution in [3.05, 3.63) is 36.0 Å². The lowest BCUT2D eigenvalue weighted by Crippen LogP contribution is -1.99. The van der Waals surface area contributed by atoms with Crippen molar-refractivity contribution in [3.63, 3.8) is 0 Å². The number of pyridine rings is 1. The van der Waals surface area contributed by atoms with E-state index in [9.17, 15) is 5.11 Å². The molecule has 0 bridgehead atoms. The topological polar surface area (TPSA) is 68.4 Å². The molecule has 0 unspecified atom stereocenters. The van der Waals surface area contributed by atoms with Crippen LogP contribution in [0.25, 0.3) is 11.1 Å². The minimum absolute atomic E-state index is 0.222. The predicted octanol–water partition coefficient (Wildman–Crippen LogP) is 2.35. The Morgan fingerprint density at radius 3 is 2.47 bits per heavy atom. The monoisotopic (exact) mass is 230 g/mol. The van der Waals surface area contributed by atoms with Gasteiger partial charge in [0, 0.05) is 5.56 Å². The van der Waals surface area contributed by atoms with Gasteiger partial charge in [-0.2, -0.15) is 0 Å². The van der Waals surface area contributed by atoms with Gasteiger partial charge >= 0.3 is 0 Å². The Morgan fingerprint density at radius 2 is 1.88 bits per heavy atom. The van der Waals surface area contributed by atoms with Crippen molar-refractivity contribution in [2.45, 2.75) is 6.92 Å². The fraction of sp³-hybridized carbons (Fsp3) is 0.154. The molecule has 0 fully saturated rings. The number of nitrogens with two attached hydrogens (primary N) is 1. The summed E-state index contributed by atoms with van der Waals surface area (Å²) < 4.78 is 5.22. The molecular weight excluding hydrogens is 216 g/mol. The van der Waals surface area contributed by atoms with Crippen LogP contribution in [0.4, 0.5) is 5.82 Å². The number of hydrogen-bond donors (Lipinski definition) is 2. The molecule has 0 aliphatic heterocycles. The molecule has 0 saturated carbocycles. The molecule has 0 radical (unpaired) electrons. The number of methoxy groups -OCH3 is 1. The van der Waals surface area contributed by atoms with Crippen LogP contribution in [0.1, 0.15) is 5.69 Å². The van der Waals surface area contributed by atoms with Crippen LogP contribution in [0.2, 0.25) is 0 Å². The average Bonchev–Trinajstić information content (AvgIpc) is 2.31. The minimum atomic E-state index is 0.222. The van der Waals surface area contributed by atoms with Gasteiger partial charge < -0.3 is 15.6 Å². The first kappa shape index (κ1) is 11.3. The fourth-order valence-electron chi connectivity index (χ4n) is 1.68. The zero-order chi connectivity index (χ0) is 12.4. The van der Waals surface area contributed by atoms with E-state index in [1.165, 1.54) is 0 Å². The summed E-state index contributed by atoms with van der Waals surface area (Å²) >= 11 is 0. The number of nitrogen functional groups attached to an aromatic ring is 1. The summed E-state index contributed by atoms with van der Waals surface area (Å²) in [6.45, 7) is 1.84. The normalized spacial score (nSPS) is 10.2. The smallest absolute Gasteiger partial charge is 0.140 e. The second kappa shape index (κ2) is 4.33. The quantitative estimate of drug-likeness (QED) is 0.831. The van der Waals surface area contributed by atoms with E-state index in [2.05, 4.69) is 4.98 Å². The minimum Gasteiger partial charge on any atom is -0.508 e. The van der Waals surface area contributed by atoms with Gasteiger partial charge in [0.1, 0.15) is 17.3 Å². The van der Waals surface area contributed by atoms with Gasteiger partial charge in [0.2, 0.25) is 0 Å². The van der Waals surface area contributed by atoms with Crippen molar-refractivity contribution < 1.29 is 9.84 Å². The summed E-state index contributed by atoms with van der Waals surface area (Å²) in [5.74, 6) is 1.37. The number of phenols is 1. The van der Waals surface area contributed by atoms with E-state index in [4.69, 9.17) is 10.5 Å². The van der Waals surface area contributed by atoms with Gasteiger partial charge in [-0.3, -0.25) is 0 Å². The highest BCUT2D eigenvalue weighted by Gasteiger charge is 2.09. The average molecular weight is 230 g/mol. The van der Waals surface area contributed by atoms with Gasteiger partial charge in [-0.05, 0) is 30.7 Å². The molecule has 0 spiro atoms. The zero-order valence-corrected chi connectivity index (χ0v) is 9.77. The van der Waals surface area contributed by atoms with Crippen molar-refractivity contribution in [1.82, 2.24) is 4.98 Å². The molecule has 0 aliphatic rings. The molecule has 2 aromatic rings. The van der Waals surface area contributed by atoms with Crippen molar-refractivity contribution >= 4 is 5.82 Å². The van der Waals surface area contributed by atoms with Gasteiger partial charge in [-0.1, -0.05) is 12.1 Å². The van der Waals surface area contributed by atoms with Gasteiger partial charge in [-0.15, -0.1) is 0 Å². The molecule has 4 nitrogen and oxygen atoms in total. The molecule has 2 rings (SSSR count). The summed E-state index contributed by atoms with van der Waals surface area (Å²) in [6, 6.07) is 8.65. The van der Waals surface area contributed by atoms with Crippen molar-refractivity contribution in [1.29, 1.82) is 0 Å². The molecule has 4 heteroatoms. The lowest BCUT2D eigenvalue weighted by Gasteiger charge is -2.10. The Morgan fingerprint density at radius 1 is 1.24 bits per heavy atom. The molecule has 3 N–H and O–H groups in total. The number of hydrogen-bond acceptors (Lipinski definition) is 4. The Bertz CT molecular complexity index is 536. The van der Waals surface area contributed by atoms with E-state index >= 15 is 0 Å². The Labute approximate surface area is 99.7 Å². The largest absolute Gasteiger partial charge is 0.508 e. The molecule has 0 aliphatic carbocycles. The molecule has 0 amide bonds. The summed E-state index contributed by atoms with van der Waals surface area (Å²) in [5, 5.41) is 9.25. The maximum absolute atomic E-state index is 9.25. The SMILES string of the molecule is COc1cc(-c2ccc(O)cc2)c(N)nc1C. The van der Waals surface area contributed by atoms with Crippen LogP contribution in [-0.2, 0) is 0 Å². The van der Waals surface area contributed by atoms with E-state index < -0.39 is 0 Å². The number of ether oxygens (including phenoxy) is 1. The Hall–Kier alpha value is -2.23. The van der Waals surface area contributed by atoms with Crippen LogP contribution in [0, 0.1) is 6.92 Å². The second-order valence-electron chi connectivity index (χ2n) is 3.76. The molecule has 1 aromatic heterocycles. The third-order valence-electron chi connectivity index (χ3n) is 2.59. The predicted molar refractivity (Wildman–Crippen MR) is 67.0 cm³/mol. The molecule has 0 saturated heterocycles. The van der Waals surface area contributed by atoms with Crippen LogP contribution in [0.5, 0.6) is 11.5 Å². The third kappa shape index (κ3) is 2.15. The first-order chi connectivity index (χ1) is 8.11. The number of rotatable bonds is 2. The third-order valence-corrected chi connectivity index (χ3v) is 2.59. The van der Waals surface area contributed by atoms with Crippen LogP contribution in [-0.4, -0.2) is 17.2 Å². The lowest BCUT2D eigenvalue weighted by molar-refractivity contribution is 0.409. The zero-order valence-electron chi connectivity index (χ0n) is 9.77. The van der Waals surface area contributed by atoms with E-state index in [-0.39, 0.29) is 5.75 Å². The summed E-state index contributed by atoms with van der Waals surface area (Å²) in [7, 11) is 1.60. The fourth-order valence-corrected chi connectivity index (χ4v) is 1.68. The summed E-state index contributed by atoms with van der Waals surface area (Å²) in [5.41, 5.74) is 8.34. The molecule has 88 valence electrons. The highest BCUT2D eigenvalue weighted by molar-refractivity contribution is 5.75. The van der Waals surface area contributed by atoms with Gasteiger partial charge in [-0.25, -0.2) is 4.98 Å². The van der Waals surface area contributed by atoms with Crippen molar-refractivity contribution in [2.75, 3.05) is 12.8 Å². The first-order valence-corrected chi connectivity index (χ1v) is 5.22. The van der Waals surface area contributed by atoms with Crippen LogP contribution in [0.15, 0.2) is 30.3 Å². The first-order valence-electron chi connectivity index (χ1n) is 5.22. The number of aromatic hydroxyl groups is 1. The number of aryl methyl sites for hydroxylation is 1. The van der Waals surface area contributed by atoms with E-state index in [1.807, 2.05) is 13.0 Å². The van der Waals surface area contributed by atoms with Gasteiger partial charge in [0.15, 0.2) is 0 Å². The Balaban J connectivity index is 2.55. The molecule has 1 heterocycles. The highest BCUT2D eigenvalue weighted by Crippen LogP contribution is 2.30. The number of anilines is 1. The highest BCUT2D eigenvalue weighted by atomic mass is 16.5. The number of aromatic nitrogens is 1. The van der Waals surface area contributed by atoms with E-state index in [0.717, 1.165) is 16.8 Å². The standard InChI is InChI=1S/C13H14N2O2/c1-8-12(17-2)7-11(13(14)15-8)9-3-5-10(16)6-4-9/h3-7,16H,1-2H3,(H2,14,15). The summed E-state index contributed by atoms with van der Waals surface area (Å²) in [4.78, 5) is 4.23. The van der Waals surface area contributed by atoms with E-state index in [1.54, 1.807) is 31.4 Å². The van der Waals surface area contributed by atoms with Crippen molar-refractivity contribution in [3.8, 4) is 22.6 Å².